The largest absolute Gasteiger partial charge is 0.469 e. The normalized spacial score (nSPS) is 22.8. The fraction of sp³-hybridized carbons (Fsp3) is 0.733. The maximum Gasteiger partial charge on any atom is 0.108 e. The van der Waals surface area contributed by atoms with E-state index in [2.05, 4.69) is 25.2 Å². The summed E-state index contributed by atoms with van der Waals surface area (Å²) in [6, 6.07) is 2.40. The van der Waals surface area contributed by atoms with Crippen molar-refractivity contribution in [3.8, 4) is 0 Å². The zero-order valence-electron chi connectivity index (χ0n) is 11.7. The van der Waals surface area contributed by atoms with Gasteiger partial charge in [-0.15, -0.1) is 0 Å². The predicted molar refractivity (Wildman–Crippen MR) is 72.5 cm³/mol. The van der Waals surface area contributed by atoms with Crippen LogP contribution in [-0.4, -0.2) is 17.3 Å². The van der Waals surface area contributed by atoms with Gasteiger partial charge in [-0.1, -0.05) is 13.8 Å². The summed E-state index contributed by atoms with van der Waals surface area (Å²) in [7, 11) is 0. The van der Waals surface area contributed by atoms with Gasteiger partial charge in [-0.05, 0) is 38.2 Å². The van der Waals surface area contributed by atoms with Crippen LogP contribution in [0.15, 0.2) is 16.7 Å². The van der Waals surface area contributed by atoms with Gasteiger partial charge >= 0.3 is 0 Å². The topological polar surface area (TPSA) is 45.4 Å². The first-order valence-corrected chi connectivity index (χ1v) is 7.00. The van der Waals surface area contributed by atoms with E-state index in [1.54, 1.807) is 6.26 Å². The van der Waals surface area contributed by atoms with Crippen LogP contribution in [-0.2, 0) is 6.42 Å². The molecule has 2 N–H and O–H groups in total. The highest BCUT2D eigenvalue weighted by atomic mass is 16.3. The first-order valence-electron chi connectivity index (χ1n) is 7.00. The predicted octanol–water partition coefficient (Wildman–Crippen LogP) is 3.04. The second-order valence-electron chi connectivity index (χ2n) is 6.22. The number of aliphatic hydroxyl groups is 1. The van der Waals surface area contributed by atoms with Gasteiger partial charge in [-0.3, -0.25) is 0 Å². The SMILES string of the molecule is CC(C)CC(C)(O)CNC1CCCc2occc21. The summed E-state index contributed by atoms with van der Waals surface area (Å²) in [4.78, 5) is 0. The number of rotatable bonds is 5. The Morgan fingerprint density at radius 3 is 3.06 bits per heavy atom. The number of nitrogens with one attached hydrogen (secondary N) is 1. The van der Waals surface area contributed by atoms with E-state index in [0.717, 1.165) is 31.4 Å². The summed E-state index contributed by atoms with van der Waals surface area (Å²) in [5.74, 6) is 1.62. The van der Waals surface area contributed by atoms with E-state index in [1.165, 1.54) is 5.56 Å². The smallest absolute Gasteiger partial charge is 0.108 e. The molecule has 1 aromatic rings. The Morgan fingerprint density at radius 2 is 2.33 bits per heavy atom. The summed E-state index contributed by atoms with van der Waals surface area (Å²) < 4.78 is 5.48. The second kappa shape index (κ2) is 5.45. The third kappa shape index (κ3) is 3.36. The molecule has 2 atom stereocenters. The first-order chi connectivity index (χ1) is 8.48. The van der Waals surface area contributed by atoms with Gasteiger partial charge in [-0.25, -0.2) is 0 Å². The summed E-state index contributed by atoms with van der Waals surface area (Å²) in [5, 5.41) is 13.8. The average molecular weight is 251 g/mol. The van der Waals surface area contributed by atoms with Crippen LogP contribution in [0.3, 0.4) is 0 Å². The quantitative estimate of drug-likeness (QED) is 0.845. The maximum absolute atomic E-state index is 10.3. The van der Waals surface area contributed by atoms with Gasteiger partial charge in [0.05, 0.1) is 11.9 Å². The molecule has 0 spiro atoms. The van der Waals surface area contributed by atoms with Crippen molar-refractivity contribution in [1.29, 1.82) is 0 Å². The van der Waals surface area contributed by atoms with E-state index in [4.69, 9.17) is 4.42 Å². The number of furan rings is 1. The van der Waals surface area contributed by atoms with Crippen LogP contribution in [0, 0.1) is 5.92 Å². The molecule has 0 amide bonds. The molecule has 1 aliphatic rings. The molecule has 0 bridgehead atoms. The number of hydrogen-bond acceptors (Lipinski definition) is 3. The molecule has 2 unspecified atom stereocenters. The van der Waals surface area contributed by atoms with Gasteiger partial charge in [0.1, 0.15) is 5.76 Å². The molecule has 1 aromatic heterocycles. The van der Waals surface area contributed by atoms with E-state index in [-0.39, 0.29) is 0 Å². The standard InChI is InChI=1S/C15H25NO2/c1-11(2)9-15(3,17)10-16-13-5-4-6-14-12(13)7-8-18-14/h7-8,11,13,16-17H,4-6,9-10H2,1-3H3. The first kappa shape index (κ1) is 13.6. The highest BCUT2D eigenvalue weighted by Crippen LogP contribution is 2.30. The van der Waals surface area contributed by atoms with E-state index in [9.17, 15) is 5.11 Å². The van der Waals surface area contributed by atoms with Gasteiger partial charge in [0.2, 0.25) is 0 Å². The molecule has 0 fully saturated rings. The highest BCUT2D eigenvalue weighted by molar-refractivity contribution is 5.24. The molecule has 0 radical (unpaired) electrons. The minimum atomic E-state index is -0.629. The van der Waals surface area contributed by atoms with Gasteiger partial charge < -0.3 is 14.8 Å². The van der Waals surface area contributed by atoms with Crippen molar-refractivity contribution in [2.24, 2.45) is 5.92 Å². The number of fused-ring (bicyclic) bond motifs is 1. The fourth-order valence-corrected chi connectivity index (χ4v) is 2.99. The van der Waals surface area contributed by atoms with Crippen LogP contribution in [0.5, 0.6) is 0 Å². The van der Waals surface area contributed by atoms with Crippen molar-refractivity contribution in [3.63, 3.8) is 0 Å². The third-order valence-corrected chi connectivity index (χ3v) is 3.63. The zero-order valence-corrected chi connectivity index (χ0v) is 11.7. The molecule has 2 rings (SSSR count). The summed E-state index contributed by atoms with van der Waals surface area (Å²) in [5.41, 5.74) is 0.650. The molecule has 18 heavy (non-hydrogen) atoms. The highest BCUT2D eigenvalue weighted by Gasteiger charge is 2.26. The van der Waals surface area contributed by atoms with E-state index >= 15 is 0 Å². The Kier molecular flexibility index (Phi) is 4.13. The summed E-state index contributed by atoms with van der Waals surface area (Å²) in [6.45, 7) is 6.84. The van der Waals surface area contributed by atoms with Crippen LogP contribution in [0.1, 0.15) is 57.4 Å². The van der Waals surface area contributed by atoms with Gasteiger partial charge in [0.25, 0.3) is 0 Å². The van der Waals surface area contributed by atoms with Crippen molar-refractivity contribution in [2.45, 2.75) is 58.1 Å². The van der Waals surface area contributed by atoms with Crippen LogP contribution < -0.4 is 5.32 Å². The van der Waals surface area contributed by atoms with Crippen LogP contribution in [0.25, 0.3) is 0 Å². The molecule has 0 aromatic carbocycles. The van der Waals surface area contributed by atoms with Crippen molar-refractivity contribution in [3.05, 3.63) is 23.7 Å². The number of hydrogen-bond donors (Lipinski definition) is 2. The Labute approximate surface area is 110 Å². The third-order valence-electron chi connectivity index (χ3n) is 3.63. The molecule has 1 aliphatic carbocycles. The minimum absolute atomic E-state index is 0.339. The van der Waals surface area contributed by atoms with Crippen molar-refractivity contribution >= 4 is 0 Å². The molecule has 102 valence electrons. The Balaban J connectivity index is 1.92. The summed E-state index contributed by atoms with van der Waals surface area (Å²) in [6.07, 6.45) is 5.93. The average Bonchev–Trinajstić information content (AvgIpc) is 2.72. The van der Waals surface area contributed by atoms with Gasteiger partial charge in [0, 0.05) is 24.6 Å². The molecule has 0 aliphatic heterocycles. The molecule has 0 saturated carbocycles. The lowest BCUT2D eigenvalue weighted by Crippen LogP contribution is -2.41. The molecular formula is C15H25NO2. The molecule has 0 saturated heterocycles. The van der Waals surface area contributed by atoms with Crippen LogP contribution in [0.2, 0.25) is 0 Å². The van der Waals surface area contributed by atoms with Crippen LogP contribution in [0.4, 0.5) is 0 Å². The maximum atomic E-state index is 10.3. The molecular weight excluding hydrogens is 226 g/mol. The Bertz CT molecular complexity index is 382. The molecule has 3 heteroatoms. The number of aryl methyl sites for hydroxylation is 1. The lowest BCUT2D eigenvalue weighted by atomic mass is 9.91. The minimum Gasteiger partial charge on any atom is -0.469 e. The molecule has 3 nitrogen and oxygen atoms in total. The lowest BCUT2D eigenvalue weighted by Gasteiger charge is -2.30. The fourth-order valence-electron chi connectivity index (χ4n) is 2.99. The monoisotopic (exact) mass is 251 g/mol. The van der Waals surface area contributed by atoms with Crippen LogP contribution >= 0.6 is 0 Å². The Morgan fingerprint density at radius 1 is 1.56 bits per heavy atom. The van der Waals surface area contributed by atoms with Gasteiger partial charge in [0.15, 0.2) is 0 Å². The van der Waals surface area contributed by atoms with Crippen molar-refractivity contribution < 1.29 is 9.52 Å². The Hall–Kier alpha value is -0.800. The second-order valence-corrected chi connectivity index (χ2v) is 6.22. The van der Waals surface area contributed by atoms with E-state index in [0.29, 0.717) is 18.5 Å². The molecule has 1 heterocycles. The summed E-state index contributed by atoms with van der Waals surface area (Å²) >= 11 is 0. The zero-order chi connectivity index (χ0) is 13.2. The lowest BCUT2D eigenvalue weighted by molar-refractivity contribution is 0.0352. The van der Waals surface area contributed by atoms with E-state index < -0.39 is 5.60 Å². The van der Waals surface area contributed by atoms with E-state index in [1.807, 2.05) is 6.92 Å². The van der Waals surface area contributed by atoms with Crippen molar-refractivity contribution in [2.75, 3.05) is 6.54 Å². The van der Waals surface area contributed by atoms with Gasteiger partial charge in [-0.2, -0.15) is 0 Å². The van der Waals surface area contributed by atoms with Crippen molar-refractivity contribution in [1.82, 2.24) is 5.32 Å².